The zero-order valence-electron chi connectivity index (χ0n) is 30.2. The summed E-state index contributed by atoms with van der Waals surface area (Å²) in [5.74, 6) is -0.445. The fourth-order valence-electron chi connectivity index (χ4n) is 8.79. The van der Waals surface area contributed by atoms with Gasteiger partial charge < -0.3 is 19.7 Å². The third-order valence-electron chi connectivity index (χ3n) is 11.9. The molecule has 1 unspecified atom stereocenters. The molecule has 2 N–H and O–H groups in total. The Hall–Kier alpha value is -5.50. The number of rotatable bonds is 7. The quantitative estimate of drug-likeness (QED) is 0.195. The number of anilines is 2. The van der Waals surface area contributed by atoms with Crippen molar-refractivity contribution in [3.63, 3.8) is 0 Å². The molecule has 3 fully saturated rings. The van der Waals surface area contributed by atoms with Crippen LogP contribution in [0.3, 0.4) is 0 Å². The summed E-state index contributed by atoms with van der Waals surface area (Å²) >= 11 is 0. The number of nitrogens with zero attached hydrogens (tertiary/aromatic N) is 6. The lowest BCUT2D eigenvalue weighted by molar-refractivity contribution is -0.138. The monoisotopic (exact) mass is 750 g/mol. The summed E-state index contributed by atoms with van der Waals surface area (Å²) in [6.07, 6.45) is 3.69. The van der Waals surface area contributed by atoms with E-state index in [4.69, 9.17) is 0 Å². The average Bonchev–Trinajstić information content (AvgIpc) is 3.73. The van der Waals surface area contributed by atoms with E-state index in [0.717, 1.165) is 85.0 Å². The zero-order chi connectivity index (χ0) is 37.8. The number of hydrogen-bond donors (Lipinski definition) is 2. The summed E-state index contributed by atoms with van der Waals surface area (Å²) in [6, 6.07) is 14.0. The first-order chi connectivity index (χ1) is 26.6. The van der Waals surface area contributed by atoms with Crippen molar-refractivity contribution in [2.75, 3.05) is 55.6 Å². The molecule has 0 saturated carbocycles. The highest BCUT2D eigenvalue weighted by Crippen LogP contribution is 2.40. The summed E-state index contributed by atoms with van der Waals surface area (Å²) < 4.78 is 43.5. The second-order valence-electron chi connectivity index (χ2n) is 15.2. The maximum absolute atomic E-state index is 14.5. The number of amides is 3. The van der Waals surface area contributed by atoms with Crippen molar-refractivity contribution in [1.82, 2.24) is 30.1 Å². The highest BCUT2D eigenvalue weighted by Gasteiger charge is 2.40. The van der Waals surface area contributed by atoms with Crippen molar-refractivity contribution in [1.29, 1.82) is 0 Å². The van der Waals surface area contributed by atoms with Crippen LogP contribution in [0.25, 0.3) is 32.9 Å². The number of hydrogen-bond acceptors (Lipinski definition) is 8. The second-order valence-corrected chi connectivity index (χ2v) is 15.2. The van der Waals surface area contributed by atoms with E-state index in [1.165, 1.54) is 6.07 Å². The van der Waals surface area contributed by atoms with Crippen molar-refractivity contribution < 1.29 is 27.6 Å². The number of piperidine rings is 2. The van der Waals surface area contributed by atoms with Crippen LogP contribution in [0.1, 0.15) is 53.6 Å². The minimum atomic E-state index is -4.54. The van der Waals surface area contributed by atoms with Gasteiger partial charge in [-0.05, 0) is 85.7 Å². The summed E-state index contributed by atoms with van der Waals surface area (Å²) in [6.45, 7) is 5.84. The molecule has 0 spiro atoms. The van der Waals surface area contributed by atoms with Gasteiger partial charge in [0.25, 0.3) is 5.91 Å². The average molecular weight is 751 g/mol. The van der Waals surface area contributed by atoms with Gasteiger partial charge in [-0.25, -0.2) is 4.98 Å². The summed E-state index contributed by atoms with van der Waals surface area (Å²) in [5.41, 5.74) is 4.70. The molecule has 14 heteroatoms. The van der Waals surface area contributed by atoms with Gasteiger partial charge in [-0.15, -0.1) is 0 Å². The number of fused-ring (bicyclic) bond motifs is 4. The number of halogens is 3. The number of benzene rings is 2. The van der Waals surface area contributed by atoms with E-state index < -0.39 is 23.7 Å². The highest BCUT2D eigenvalue weighted by atomic mass is 19.4. The Labute approximate surface area is 315 Å². The molecule has 0 aliphatic carbocycles. The predicted octanol–water partition coefficient (Wildman–Crippen LogP) is 5.99. The van der Waals surface area contributed by atoms with Crippen molar-refractivity contribution in [3.05, 3.63) is 83.8 Å². The van der Waals surface area contributed by atoms with Crippen LogP contribution in [0.2, 0.25) is 0 Å². The van der Waals surface area contributed by atoms with Crippen LogP contribution in [0.4, 0.5) is 24.7 Å². The number of carbonyl (C=O) groups is 3. The fraction of sp³-hybridized carbons (Fsp3) is 0.390. The van der Waals surface area contributed by atoms with Gasteiger partial charge in [-0.1, -0.05) is 12.1 Å². The first-order valence-electron chi connectivity index (χ1n) is 19.0. The summed E-state index contributed by atoms with van der Waals surface area (Å²) in [5, 5.41) is 4.29. The molecule has 1 atom stereocenters. The van der Waals surface area contributed by atoms with E-state index in [0.29, 0.717) is 48.7 Å². The number of H-pyrrole nitrogens is 1. The van der Waals surface area contributed by atoms with Crippen LogP contribution in [0.15, 0.2) is 67.1 Å². The van der Waals surface area contributed by atoms with Crippen LogP contribution in [-0.4, -0.2) is 94.3 Å². The molecule has 2 aromatic carbocycles. The topological polar surface area (TPSA) is 118 Å². The number of aromatic nitrogens is 3. The third kappa shape index (κ3) is 6.77. The lowest BCUT2D eigenvalue weighted by atomic mass is 9.93. The van der Waals surface area contributed by atoms with Crippen molar-refractivity contribution in [2.45, 2.75) is 50.9 Å². The van der Waals surface area contributed by atoms with Crippen LogP contribution in [0.5, 0.6) is 0 Å². The smallest absolute Gasteiger partial charge is 0.369 e. The predicted molar refractivity (Wildman–Crippen MR) is 203 cm³/mol. The number of nitrogens with one attached hydrogen (secondary N) is 2. The molecule has 0 bridgehead atoms. The zero-order valence-corrected chi connectivity index (χ0v) is 30.2. The van der Waals surface area contributed by atoms with Crippen LogP contribution >= 0.6 is 0 Å². The Balaban J connectivity index is 0.780. The minimum Gasteiger partial charge on any atom is -0.369 e. The van der Waals surface area contributed by atoms with Crippen LogP contribution < -0.4 is 15.1 Å². The SMILES string of the molecule is O=C1CCC(N2Cc3cc(N4CCN(CCC5CCN(c6ncc(-c7ccc8c(c7)[nH]c7ccncc78)cc6C(F)(F)F)CC5)CC4)ccc3C2=O)C(=O)N1. The number of aromatic amines is 1. The summed E-state index contributed by atoms with van der Waals surface area (Å²) in [4.78, 5) is 57.2. The van der Waals surface area contributed by atoms with E-state index >= 15 is 0 Å². The molecular formula is C41H41F3N8O3. The van der Waals surface area contributed by atoms with Crippen LogP contribution in [0, 0.1) is 5.92 Å². The largest absolute Gasteiger partial charge is 0.419 e. The molecule has 9 rings (SSSR count). The molecular weight excluding hydrogens is 709 g/mol. The van der Waals surface area contributed by atoms with Crippen molar-refractivity contribution in [2.24, 2.45) is 5.92 Å². The minimum absolute atomic E-state index is 0.00295. The summed E-state index contributed by atoms with van der Waals surface area (Å²) in [7, 11) is 0. The fourth-order valence-corrected chi connectivity index (χ4v) is 8.79. The maximum atomic E-state index is 14.5. The molecule has 3 saturated heterocycles. The van der Waals surface area contributed by atoms with Gasteiger partial charge in [0.05, 0.1) is 5.56 Å². The number of pyridine rings is 2. The first kappa shape index (κ1) is 35.2. The molecule has 11 nitrogen and oxygen atoms in total. The molecule has 284 valence electrons. The lowest BCUT2D eigenvalue weighted by Gasteiger charge is -2.38. The van der Waals surface area contributed by atoms with Gasteiger partial charge in [-0.2, -0.15) is 13.2 Å². The Morgan fingerprint density at radius 1 is 0.800 bits per heavy atom. The van der Waals surface area contributed by atoms with Gasteiger partial charge in [0, 0.05) is 109 Å². The van der Waals surface area contributed by atoms with E-state index in [-0.39, 0.29) is 24.1 Å². The van der Waals surface area contributed by atoms with Gasteiger partial charge >= 0.3 is 6.18 Å². The van der Waals surface area contributed by atoms with Gasteiger partial charge in [-0.3, -0.25) is 29.6 Å². The molecule has 55 heavy (non-hydrogen) atoms. The molecule has 7 heterocycles. The van der Waals surface area contributed by atoms with Gasteiger partial charge in [0.1, 0.15) is 11.9 Å². The number of piperazine rings is 1. The third-order valence-corrected chi connectivity index (χ3v) is 11.9. The molecule has 4 aliphatic heterocycles. The molecule has 5 aromatic rings. The molecule has 3 amide bonds. The Morgan fingerprint density at radius 3 is 2.40 bits per heavy atom. The van der Waals surface area contributed by atoms with Crippen molar-refractivity contribution in [3.8, 4) is 11.1 Å². The van der Waals surface area contributed by atoms with Crippen LogP contribution in [-0.2, 0) is 22.3 Å². The van der Waals surface area contributed by atoms with E-state index in [1.54, 1.807) is 28.4 Å². The number of carbonyl (C=O) groups excluding carboxylic acids is 3. The van der Waals surface area contributed by atoms with E-state index in [2.05, 4.69) is 36.1 Å². The van der Waals surface area contributed by atoms with E-state index in [1.807, 2.05) is 36.4 Å². The molecule has 3 aromatic heterocycles. The normalized spacial score (nSPS) is 20.2. The lowest BCUT2D eigenvalue weighted by Crippen LogP contribution is -2.52. The maximum Gasteiger partial charge on any atom is 0.419 e. The van der Waals surface area contributed by atoms with Crippen molar-refractivity contribution >= 4 is 51.0 Å². The molecule has 4 aliphatic rings. The Kier molecular flexibility index (Phi) is 8.95. The Morgan fingerprint density at radius 2 is 1.62 bits per heavy atom. The first-order valence-corrected chi connectivity index (χ1v) is 19.0. The molecule has 0 radical (unpaired) electrons. The number of alkyl halides is 3. The number of imide groups is 1. The standard InChI is InChI=1S/C41H41F3N8O3/c42-41(43,44)33-20-27(26-1-3-31-32-23-45-11-7-34(32)47-35(31)21-26)22-46-38(33)51-13-9-25(10-14-51)8-12-49-15-17-50(18-16-49)29-2-4-30-28(19-29)24-52(40(30)55)36-5-6-37(53)48-39(36)54/h1-4,7,11,19-23,25,36,47H,5-6,8-10,12-18,24H2,(H,48,53,54). The van der Waals surface area contributed by atoms with Gasteiger partial charge in [0.2, 0.25) is 11.8 Å². The second kappa shape index (κ2) is 14.0. The Bertz CT molecular complexity index is 2310. The van der Waals surface area contributed by atoms with E-state index in [9.17, 15) is 27.6 Å². The highest BCUT2D eigenvalue weighted by molar-refractivity contribution is 6.08. The van der Waals surface area contributed by atoms with Gasteiger partial charge in [0.15, 0.2) is 0 Å².